The van der Waals surface area contributed by atoms with Crippen LogP contribution < -0.4 is 0 Å². The summed E-state index contributed by atoms with van der Waals surface area (Å²) in [6.45, 7) is 3.04. The Morgan fingerprint density at radius 3 is 2.47 bits per heavy atom. The maximum Gasteiger partial charge on any atom is 0.254 e. The third kappa shape index (κ3) is 3.41. The van der Waals surface area contributed by atoms with Crippen molar-refractivity contribution in [2.75, 3.05) is 6.54 Å². The summed E-state index contributed by atoms with van der Waals surface area (Å²) in [5, 5.41) is 0. The third-order valence-electron chi connectivity index (χ3n) is 2.96. The zero-order valence-electron chi connectivity index (χ0n) is 10.8. The molecule has 19 heavy (non-hydrogen) atoms. The molecule has 3 heteroatoms. The van der Waals surface area contributed by atoms with Crippen molar-refractivity contribution < 1.29 is 9.18 Å². The molecule has 0 bridgehead atoms. The van der Waals surface area contributed by atoms with Gasteiger partial charge in [0.25, 0.3) is 5.91 Å². The molecule has 0 heterocycles. The maximum atomic E-state index is 13.2. The van der Waals surface area contributed by atoms with Gasteiger partial charge < -0.3 is 4.90 Å². The number of halogens is 1. The van der Waals surface area contributed by atoms with Crippen molar-refractivity contribution >= 4 is 5.91 Å². The summed E-state index contributed by atoms with van der Waals surface area (Å²) in [7, 11) is 0. The van der Waals surface area contributed by atoms with Gasteiger partial charge in [-0.25, -0.2) is 4.39 Å². The van der Waals surface area contributed by atoms with Crippen LogP contribution in [0.25, 0.3) is 0 Å². The van der Waals surface area contributed by atoms with Crippen LogP contribution in [0.1, 0.15) is 22.8 Å². The van der Waals surface area contributed by atoms with Crippen molar-refractivity contribution in [3.63, 3.8) is 0 Å². The van der Waals surface area contributed by atoms with Crippen molar-refractivity contribution in [2.45, 2.75) is 13.5 Å². The van der Waals surface area contributed by atoms with Gasteiger partial charge in [-0.1, -0.05) is 36.4 Å². The molecule has 0 aromatic heterocycles. The monoisotopic (exact) mass is 257 g/mol. The number of nitrogens with zero attached hydrogens (tertiary/aromatic N) is 1. The highest BCUT2D eigenvalue weighted by molar-refractivity contribution is 5.94. The Kier molecular flexibility index (Phi) is 4.29. The van der Waals surface area contributed by atoms with Crippen LogP contribution in [0.4, 0.5) is 4.39 Å². The summed E-state index contributed by atoms with van der Waals surface area (Å²) < 4.78 is 13.2. The summed E-state index contributed by atoms with van der Waals surface area (Å²) in [6, 6.07) is 15.6. The molecule has 0 radical (unpaired) electrons. The van der Waals surface area contributed by atoms with Gasteiger partial charge in [0, 0.05) is 18.7 Å². The number of rotatable bonds is 4. The molecule has 0 aliphatic carbocycles. The van der Waals surface area contributed by atoms with Crippen LogP contribution in [-0.4, -0.2) is 17.4 Å². The molecule has 0 saturated heterocycles. The molecule has 0 aliphatic rings. The molecule has 0 aliphatic heterocycles. The summed E-state index contributed by atoms with van der Waals surface area (Å²) in [6.07, 6.45) is 0. The summed E-state index contributed by atoms with van der Waals surface area (Å²) in [5.41, 5.74) is 1.45. The molecule has 0 fully saturated rings. The van der Waals surface area contributed by atoms with Crippen LogP contribution in [0.15, 0.2) is 54.6 Å². The molecule has 0 N–H and O–H groups in total. The van der Waals surface area contributed by atoms with Gasteiger partial charge in [0.15, 0.2) is 0 Å². The van der Waals surface area contributed by atoms with Gasteiger partial charge >= 0.3 is 0 Å². The molecule has 98 valence electrons. The minimum absolute atomic E-state index is 0.147. The van der Waals surface area contributed by atoms with E-state index in [1.807, 2.05) is 37.3 Å². The molecular weight excluding hydrogens is 241 g/mol. The highest BCUT2D eigenvalue weighted by Crippen LogP contribution is 2.11. The molecule has 0 saturated carbocycles. The molecule has 1 amide bonds. The molecule has 0 atom stereocenters. The topological polar surface area (TPSA) is 20.3 Å². The first-order chi connectivity index (χ1) is 9.20. The molecule has 2 nitrogen and oxygen atoms in total. The van der Waals surface area contributed by atoms with E-state index in [1.165, 1.54) is 12.1 Å². The largest absolute Gasteiger partial charge is 0.335 e. The lowest BCUT2D eigenvalue weighted by Gasteiger charge is -2.21. The van der Waals surface area contributed by atoms with Gasteiger partial charge in [0.05, 0.1) is 0 Å². The van der Waals surface area contributed by atoms with E-state index in [-0.39, 0.29) is 11.7 Å². The van der Waals surface area contributed by atoms with Crippen LogP contribution in [0.2, 0.25) is 0 Å². The van der Waals surface area contributed by atoms with Gasteiger partial charge in [-0.05, 0) is 30.7 Å². The third-order valence-corrected chi connectivity index (χ3v) is 2.96. The van der Waals surface area contributed by atoms with E-state index >= 15 is 0 Å². The Balaban J connectivity index is 2.16. The SMILES string of the molecule is CCN(Cc1ccccc1)C(=O)c1cccc(F)c1. The lowest BCUT2D eigenvalue weighted by atomic mass is 10.1. The zero-order valence-corrected chi connectivity index (χ0v) is 10.8. The highest BCUT2D eigenvalue weighted by atomic mass is 19.1. The average molecular weight is 257 g/mol. The summed E-state index contributed by atoms with van der Waals surface area (Å²) in [4.78, 5) is 14.0. The molecule has 2 rings (SSSR count). The van der Waals surface area contributed by atoms with Gasteiger partial charge in [-0.3, -0.25) is 4.79 Å². The van der Waals surface area contributed by atoms with E-state index in [2.05, 4.69) is 0 Å². The fourth-order valence-electron chi connectivity index (χ4n) is 1.94. The Hall–Kier alpha value is -2.16. The minimum Gasteiger partial charge on any atom is -0.335 e. The number of hydrogen-bond acceptors (Lipinski definition) is 1. The van der Waals surface area contributed by atoms with Gasteiger partial charge in [-0.2, -0.15) is 0 Å². The minimum atomic E-state index is -0.387. The Labute approximate surface area is 112 Å². The molecule has 0 spiro atoms. The fourth-order valence-corrected chi connectivity index (χ4v) is 1.94. The number of hydrogen-bond donors (Lipinski definition) is 0. The standard InChI is InChI=1S/C16H16FNO/c1-2-18(12-13-7-4-3-5-8-13)16(19)14-9-6-10-15(17)11-14/h3-11H,2,12H2,1H3. The second-order valence-electron chi connectivity index (χ2n) is 4.32. The Bertz CT molecular complexity index is 554. The molecule has 0 unspecified atom stereocenters. The number of carbonyl (C=O) groups excluding carboxylic acids is 1. The van der Waals surface area contributed by atoms with Crippen LogP contribution in [0.5, 0.6) is 0 Å². The number of benzene rings is 2. The van der Waals surface area contributed by atoms with Crippen LogP contribution in [0, 0.1) is 5.82 Å². The fraction of sp³-hybridized carbons (Fsp3) is 0.188. The van der Waals surface area contributed by atoms with Crippen molar-refractivity contribution in [3.05, 3.63) is 71.5 Å². The van der Waals surface area contributed by atoms with E-state index in [9.17, 15) is 9.18 Å². The highest BCUT2D eigenvalue weighted by Gasteiger charge is 2.14. The first kappa shape index (κ1) is 13.3. The first-order valence-electron chi connectivity index (χ1n) is 6.29. The lowest BCUT2D eigenvalue weighted by molar-refractivity contribution is 0.0752. The van der Waals surface area contributed by atoms with Gasteiger partial charge in [-0.15, -0.1) is 0 Å². The smallest absolute Gasteiger partial charge is 0.254 e. The van der Waals surface area contributed by atoms with E-state index < -0.39 is 0 Å². The number of amides is 1. The lowest BCUT2D eigenvalue weighted by Crippen LogP contribution is -2.30. The number of carbonyl (C=O) groups is 1. The van der Waals surface area contributed by atoms with Crippen LogP contribution in [0.3, 0.4) is 0 Å². The van der Waals surface area contributed by atoms with Crippen LogP contribution >= 0.6 is 0 Å². The van der Waals surface area contributed by atoms with E-state index in [0.717, 1.165) is 5.56 Å². The molecule has 2 aromatic carbocycles. The average Bonchev–Trinajstić information content (AvgIpc) is 2.45. The zero-order chi connectivity index (χ0) is 13.7. The maximum absolute atomic E-state index is 13.2. The Morgan fingerprint density at radius 1 is 1.11 bits per heavy atom. The molecule has 2 aromatic rings. The van der Waals surface area contributed by atoms with Gasteiger partial charge in [0.1, 0.15) is 5.82 Å². The van der Waals surface area contributed by atoms with E-state index in [4.69, 9.17) is 0 Å². The summed E-state index contributed by atoms with van der Waals surface area (Å²) >= 11 is 0. The summed E-state index contributed by atoms with van der Waals surface area (Å²) in [5.74, 6) is -0.535. The first-order valence-corrected chi connectivity index (χ1v) is 6.29. The quantitative estimate of drug-likeness (QED) is 0.821. The van der Waals surface area contributed by atoms with Crippen LogP contribution in [-0.2, 0) is 6.54 Å². The molecular formula is C16H16FNO. The normalized spacial score (nSPS) is 10.2. The van der Waals surface area contributed by atoms with Crippen molar-refractivity contribution in [2.24, 2.45) is 0 Å². The van der Waals surface area contributed by atoms with E-state index in [1.54, 1.807) is 17.0 Å². The Morgan fingerprint density at radius 2 is 1.84 bits per heavy atom. The van der Waals surface area contributed by atoms with Crippen molar-refractivity contribution in [1.29, 1.82) is 0 Å². The van der Waals surface area contributed by atoms with E-state index in [0.29, 0.717) is 18.7 Å². The predicted octanol–water partition coefficient (Wildman–Crippen LogP) is 3.49. The predicted molar refractivity (Wildman–Crippen MR) is 73.3 cm³/mol. The van der Waals surface area contributed by atoms with Crippen molar-refractivity contribution in [3.8, 4) is 0 Å². The van der Waals surface area contributed by atoms with Crippen molar-refractivity contribution in [1.82, 2.24) is 4.90 Å². The van der Waals surface area contributed by atoms with Gasteiger partial charge in [0.2, 0.25) is 0 Å². The second-order valence-corrected chi connectivity index (χ2v) is 4.32. The second kappa shape index (κ2) is 6.14.